The molecule has 0 fully saturated rings. The summed E-state index contributed by atoms with van der Waals surface area (Å²) >= 11 is 0. The van der Waals surface area contributed by atoms with Crippen LogP contribution in [0.1, 0.15) is 44.7 Å². The van der Waals surface area contributed by atoms with Crippen LogP contribution in [0.25, 0.3) is 0 Å². The van der Waals surface area contributed by atoms with Crippen molar-refractivity contribution in [2.75, 3.05) is 13.2 Å². The van der Waals surface area contributed by atoms with E-state index in [1.54, 1.807) is 0 Å². The first-order chi connectivity index (χ1) is 8.77. The Bertz CT molecular complexity index is 381. The molecule has 0 amide bonds. The molecule has 1 N–H and O–H groups in total. The van der Waals surface area contributed by atoms with Crippen LogP contribution in [0.4, 0.5) is 0 Å². The minimum atomic E-state index is 0.360. The van der Waals surface area contributed by atoms with Gasteiger partial charge in [0.15, 0.2) is 0 Å². The van der Waals surface area contributed by atoms with E-state index in [9.17, 15) is 0 Å². The average molecular weight is 245 g/mol. The van der Waals surface area contributed by atoms with E-state index in [2.05, 4.69) is 37.2 Å². The standard InChI is InChI=1S/C16H23NO/c1-4-6-7-12-18-16-10-8-9-15(13-16)14(3)17-11-5-2/h1,8-10,13-14,17H,5-7,11-12H2,2-3H3. The van der Waals surface area contributed by atoms with Crippen LogP contribution < -0.4 is 10.1 Å². The van der Waals surface area contributed by atoms with Crippen LogP contribution in [0.5, 0.6) is 5.75 Å². The predicted octanol–water partition coefficient (Wildman–Crippen LogP) is 3.54. The molecular weight excluding hydrogens is 222 g/mol. The molecule has 0 bridgehead atoms. The second-order valence-electron chi connectivity index (χ2n) is 4.40. The minimum Gasteiger partial charge on any atom is -0.494 e. The summed E-state index contributed by atoms with van der Waals surface area (Å²) in [4.78, 5) is 0. The summed E-state index contributed by atoms with van der Waals surface area (Å²) in [6.07, 6.45) is 8.03. The summed E-state index contributed by atoms with van der Waals surface area (Å²) in [6.45, 7) is 6.07. The summed E-state index contributed by atoms with van der Waals surface area (Å²) in [5.41, 5.74) is 1.26. The molecule has 2 nitrogen and oxygen atoms in total. The summed E-state index contributed by atoms with van der Waals surface area (Å²) in [7, 11) is 0. The molecule has 0 aliphatic rings. The van der Waals surface area contributed by atoms with Crippen molar-refractivity contribution in [1.29, 1.82) is 0 Å². The van der Waals surface area contributed by atoms with E-state index in [0.29, 0.717) is 12.6 Å². The normalized spacial score (nSPS) is 11.8. The van der Waals surface area contributed by atoms with Gasteiger partial charge in [-0.3, -0.25) is 0 Å². The number of nitrogens with one attached hydrogen (secondary N) is 1. The van der Waals surface area contributed by atoms with Crippen LogP contribution in [0.2, 0.25) is 0 Å². The van der Waals surface area contributed by atoms with Crippen molar-refractivity contribution in [3.8, 4) is 18.1 Å². The van der Waals surface area contributed by atoms with Crippen LogP contribution in [-0.2, 0) is 0 Å². The first-order valence-corrected chi connectivity index (χ1v) is 6.67. The van der Waals surface area contributed by atoms with E-state index < -0.39 is 0 Å². The van der Waals surface area contributed by atoms with Crippen LogP contribution in [-0.4, -0.2) is 13.2 Å². The van der Waals surface area contributed by atoms with Crippen molar-refractivity contribution in [2.45, 2.75) is 39.2 Å². The third-order valence-corrected chi connectivity index (χ3v) is 2.79. The van der Waals surface area contributed by atoms with E-state index in [1.165, 1.54) is 5.56 Å². The highest BCUT2D eigenvalue weighted by Gasteiger charge is 2.05. The number of terminal acetylenes is 1. The van der Waals surface area contributed by atoms with Crippen molar-refractivity contribution in [3.05, 3.63) is 29.8 Å². The molecule has 0 heterocycles. The number of rotatable bonds is 8. The summed E-state index contributed by atoms with van der Waals surface area (Å²) in [5.74, 6) is 3.54. The van der Waals surface area contributed by atoms with Crippen molar-refractivity contribution < 1.29 is 4.74 Å². The van der Waals surface area contributed by atoms with Crippen LogP contribution in [0.3, 0.4) is 0 Å². The van der Waals surface area contributed by atoms with E-state index >= 15 is 0 Å². The zero-order valence-electron chi connectivity index (χ0n) is 11.4. The number of ether oxygens (including phenoxy) is 1. The Morgan fingerprint density at radius 2 is 2.28 bits per heavy atom. The lowest BCUT2D eigenvalue weighted by Gasteiger charge is -2.15. The Balaban J connectivity index is 2.48. The average Bonchev–Trinajstić information content (AvgIpc) is 2.41. The lowest BCUT2D eigenvalue weighted by molar-refractivity contribution is 0.312. The zero-order chi connectivity index (χ0) is 13.2. The molecule has 18 heavy (non-hydrogen) atoms. The summed E-state index contributed by atoms with van der Waals surface area (Å²) in [6, 6.07) is 8.62. The molecule has 0 aliphatic carbocycles. The molecule has 1 unspecified atom stereocenters. The van der Waals surface area contributed by atoms with Gasteiger partial charge in [0.05, 0.1) is 6.61 Å². The molecule has 1 rings (SSSR count). The Labute approximate surface area is 111 Å². The monoisotopic (exact) mass is 245 g/mol. The van der Waals surface area contributed by atoms with E-state index in [0.717, 1.165) is 31.6 Å². The third-order valence-electron chi connectivity index (χ3n) is 2.79. The molecule has 1 aromatic carbocycles. The maximum absolute atomic E-state index is 5.68. The molecule has 1 aromatic rings. The van der Waals surface area contributed by atoms with Gasteiger partial charge in [0.1, 0.15) is 5.75 Å². The van der Waals surface area contributed by atoms with Gasteiger partial charge in [-0.15, -0.1) is 12.3 Å². The zero-order valence-corrected chi connectivity index (χ0v) is 11.4. The number of hydrogen-bond donors (Lipinski definition) is 1. The Morgan fingerprint density at radius 3 is 3.00 bits per heavy atom. The molecule has 0 spiro atoms. The van der Waals surface area contributed by atoms with Gasteiger partial charge in [0.2, 0.25) is 0 Å². The molecule has 98 valence electrons. The van der Waals surface area contributed by atoms with Gasteiger partial charge >= 0.3 is 0 Å². The maximum Gasteiger partial charge on any atom is 0.119 e. The highest BCUT2D eigenvalue weighted by molar-refractivity contribution is 5.30. The molecule has 0 saturated carbocycles. The third kappa shape index (κ3) is 5.25. The van der Waals surface area contributed by atoms with E-state index in [-0.39, 0.29) is 0 Å². The Hall–Kier alpha value is -1.46. The molecule has 0 saturated heterocycles. The topological polar surface area (TPSA) is 21.3 Å². The van der Waals surface area contributed by atoms with Crippen LogP contribution in [0, 0.1) is 12.3 Å². The van der Waals surface area contributed by atoms with E-state index in [4.69, 9.17) is 11.2 Å². The second-order valence-corrected chi connectivity index (χ2v) is 4.40. The number of benzene rings is 1. The Kier molecular flexibility index (Phi) is 6.98. The van der Waals surface area contributed by atoms with Crippen molar-refractivity contribution in [2.24, 2.45) is 0 Å². The van der Waals surface area contributed by atoms with Crippen molar-refractivity contribution in [3.63, 3.8) is 0 Å². The highest BCUT2D eigenvalue weighted by atomic mass is 16.5. The summed E-state index contributed by atoms with van der Waals surface area (Å²) < 4.78 is 5.68. The van der Waals surface area contributed by atoms with Gasteiger partial charge in [-0.2, -0.15) is 0 Å². The predicted molar refractivity (Wildman–Crippen MR) is 76.7 cm³/mol. The number of unbranched alkanes of at least 4 members (excludes halogenated alkanes) is 1. The SMILES string of the molecule is C#CCCCOc1cccc(C(C)NCCC)c1. The summed E-state index contributed by atoms with van der Waals surface area (Å²) in [5, 5.41) is 3.47. The fourth-order valence-electron chi connectivity index (χ4n) is 1.72. The first kappa shape index (κ1) is 14.6. The van der Waals surface area contributed by atoms with Gasteiger partial charge < -0.3 is 10.1 Å². The molecule has 1 atom stereocenters. The number of hydrogen-bond acceptors (Lipinski definition) is 2. The van der Waals surface area contributed by atoms with Crippen molar-refractivity contribution >= 4 is 0 Å². The highest BCUT2D eigenvalue weighted by Crippen LogP contribution is 2.19. The van der Waals surface area contributed by atoms with Gasteiger partial charge in [-0.05, 0) is 44.0 Å². The maximum atomic E-state index is 5.68. The van der Waals surface area contributed by atoms with Gasteiger partial charge in [-0.25, -0.2) is 0 Å². The minimum absolute atomic E-state index is 0.360. The molecule has 0 aliphatic heterocycles. The molecule has 0 radical (unpaired) electrons. The smallest absolute Gasteiger partial charge is 0.119 e. The van der Waals surface area contributed by atoms with Gasteiger partial charge in [0.25, 0.3) is 0 Å². The van der Waals surface area contributed by atoms with Crippen LogP contribution >= 0.6 is 0 Å². The fraction of sp³-hybridized carbons (Fsp3) is 0.500. The lowest BCUT2D eigenvalue weighted by Crippen LogP contribution is -2.19. The van der Waals surface area contributed by atoms with Crippen LogP contribution in [0.15, 0.2) is 24.3 Å². The van der Waals surface area contributed by atoms with Crippen molar-refractivity contribution in [1.82, 2.24) is 5.32 Å². The first-order valence-electron chi connectivity index (χ1n) is 6.67. The van der Waals surface area contributed by atoms with E-state index in [1.807, 2.05) is 12.1 Å². The lowest BCUT2D eigenvalue weighted by atomic mass is 10.1. The molecule has 0 aromatic heterocycles. The fourth-order valence-corrected chi connectivity index (χ4v) is 1.72. The quantitative estimate of drug-likeness (QED) is 0.559. The Morgan fingerprint density at radius 1 is 1.44 bits per heavy atom. The molecular formula is C16H23NO. The molecule has 2 heteroatoms. The van der Waals surface area contributed by atoms with Gasteiger partial charge in [-0.1, -0.05) is 19.1 Å². The largest absolute Gasteiger partial charge is 0.494 e. The van der Waals surface area contributed by atoms with Gasteiger partial charge in [0, 0.05) is 12.5 Å². The second kappa shape index (κ2) is 8.60.